The Morgan fingerprint density at radius 1 is 0.471 bits per heavy atom. The molecular formula is C55H105O12P. The lowest BCUT2D eigenvalue weighted by molar-refractivity contribution is -0.220. The van der Waals surface area contributed by atoms with Gasteiger partial charge in [0.25, 0.3) is 0 Å². The maximum absolute atomic E-state index is 12.9. The van der Waals surface area contributed by atoms with Crippen LogP contribution in [0.25, 0.3) is 0 Å². The number of carbonyl (C=O) groups is 1. The molecule has 0 amide bonds. The van der Waals surface area contributed by atoms with E-state index in [-0.39, 0.29) is 13.0 Å². The summed E-state index contributed by atoms with van der Waals surface area (Å²) in [5.41, 5.74) is 0. The minimum Gasteiger partial charge on any atom is -0.457 e. The molecule has 1 aliphatic carbocycles. The molecule has 6 atom stereocenters. The standard InChI is InChI=1S/C55H105O12P/c1-3-5-7-9-11-13-15-17-19-21-23-24-25-26-27-28-30-32-34-36-38-40-42-44-49(56)66-48(47-65-68(62,63)67-55-53(60)51(58)50(57)52(59)54(55)61)46-64-45-43-41-39-37-35-33-31-29-22-20-18-16-14-12-10-8-6-4-2/h15,17,21,23,48,50-55,57-61H,3-14,16,18-20,22,24-47H2,1-2H3,(H,62,63)/b17-15-,23-21-. The van der Waals surface area contributed by atoms with E-state index in [1.807, 2.05) is 0 Å². The number of unbranched alkanes of at least 4 members (excludes halogenated alkanes) is 33. The van der Waals surface area contributed by atoms with Gasteiger partial charge in [-0.2, -0.15) is 0 Å². The molecule has 0 spiro atoms. The molecule has 0 radical (unpaired) electrons. The first-order valence-electron chi connectivity index (χ1n) is 28.2. The number of ether oxygens (including phenoxy) is 2. The SMILES string of the molecule is CCCCCCC/C=C\C/C=C\CCCCCCCCCCCCCC(=O)OC(COCCCCCCCCCCCCCCCCCCCC)COP(=O)(O)OC1C(O)C(O)C(O)C(O)C1O. The average molecular weight is 989 g/mol. The molecule has 0 aromatic heterocycles. The monoisotopic (exact) mass is 989 g/mol. The number of hydrogen-bond acceptors (Lipinski definition) is 11. The molecule has 0 bridgehead atoms. The van der Waals surface area contributed by atoms with Crippen LogP contribution in [0.3, 0.4) is 0 Å². The van der Waals surface area contributed by atoms with Crippen LogP contribution in [-0.2, 0) is 27.9 Å². The maximum atomic E-state index is 12.9. The van der Waals surface area contributed by atoms with Crippen molar-refractivity contribution in [3.05, 3.63) is 24.3 Å². The lowest BCUT2D eigenvalue weighted by atomic mass is 9.85. The van der Waals surface area contributed by atoms with E-state index in [0.717, 1.165) is 44.9 Å². The van der Waals surface area contributed by atoms with Crippen molar-refractivity contribution in [1.82, 2.24) is 0 Å². The minimum absolute atomic E-state index is 0.0722. The highest BCUT2D eigenvalue weighted by Gasteiger charge is 2.51. The lowest BCUT2D eigenvalue weighted by Gasteiger charge is -2.41. The molecule has 6 unspecified atom stereocenters. The molecule has 0 aliphatic heterocycles. The Hall–Kier alpha value is -1.18. The summed E-state index contributed by atoms with van der Waals surface area (Å²) in [5.74, 6) is -0.474. The predicted octanol–water partition coefficient (Wildman–Crippen LogP) is 13.2. The van der Waals surface area contributed by atoms with Gasteiger partial charge in [0.1, 0.15) is 42.7 Å². The van der Waals surface area contributed by atoms with Crippen LogP contribution in [0.2, 0.25) is 0 Å². The van der Waals surface area contributed by atoms with Crippen molar-refractivity contribution in [3.8, 4) is 0 Å². The summed E-state index contributed by atoms with van der Waals surface area (Å²) in [4.78, 5) is 23.3. The van der Waals surface area contributed by atoms with Crippen LogP contribution in [0.4, 0.5) is 0 Å². The van der Waals surface area contributed by atoms with Crippen molar-refractivity contribution in [2.45, 2.75) is 301 Å². The van der Waals surface area contributed by atoms with E-state index < -0.39 is 63.1 Å². The van der Waals surface area contributed by atoms with Gasteiger partial charge in [-0.05, 0) is 44.9 Å². The first kappa shape index (κ1) is 64.8. The third kappa shape index (κ3) is 36.7. The highest BCUT2D eigenvalue weighted by Crippen LogP contribution is 2.47. The van der Waals surface area contributed by atoms with Gasteiger partial charge in [0, 0.05) is 13.0 Å². The van der Waals surface area contributed by atoms with Crippen molar-refractivity contribution >= 4 is 13.8 Å². The minimum atomic E-state index is -5.02. The van der Waals surface area contributed by atoms with Gasteiger partial charge in [-0.25, -0.2) is 4.57 Å². The Bertz CT molecular complexity index is 1220. The van der Waals surface area contributed by atoms with Crippen LogP contribution in [0.5, 0.6) is 0 Å². The molecule has 13 heteroatoms. The number of aliphatic hydroxyl groups is 5. The van der Waals surface area contributed by atoms with Crippen LogP contribution in [0.15, 0.2) is 24.3 Å². The van der Waals surface area contributed by atoms with Gasteiger partial charge in [-0.3, -0.25) is 13.8 Å². The molecule has 0 heterocycles. The van der Waals surface area contributed by atoms with Gasteiger partial charge >= 0.3 is 13.8 Å². The van der Waals surface area contributed by atoms with E-state index in [1.54, 1.807) is 0 Å². The molecular weight excluding hydrogens is 884 g/mol. The quantitative estimate of drug-likeness (QED) is 0.0146. The Morgan fingerprint density at radius 3 is 1.24 bits per heavy atom. The van der Waals surface area contributed by atoms with Crippen molar-refractivity contribution in [2.24, 2.45) is 0 Å². The number of phosphoric acid groups is 1. The molecule has 1 fully saturated rings. The molecule has 6 N–H and O–H groups in total. The fourth-order valence-electron chi connectivity index (χ4n) is 8.86. The second-order valence-corrected chi connectivity index (χ2v) is 21.2. The second kappa shape index (κ2) is 45.7. The van der Waals surface area contributed by atoms with Crippen LogP contribution < -0.4 is 0 Å². The molecule has 12 nitrogen and oxygen atoms in total. The topological polar surface area (TPSA) is 192 Å². The van der Waals surface area contributed by atoms with Crippen molar-refractivity contribution in [1.29, 1.82) is 0 Å². The molecule has 1 rings (SSSR count). The molecule has 402 valence electrons. The Morgan fingerprint density at radius 2 is 0.824 bits per heavy atom. The summed E-state index contributed by atoms with van der Waals surface area (Å²) >= 11 is 0. The summed E-state index contributed by atoms with van der Waals surface area (Å²) in [7, 11) is -5.02. The third-order valence-electron chi connectivity index (χ3n) is 13.3. The molecule has 1 saturated carbocycles. The maximum Gasteiger partial charge on any atom is 0.472 e. The molecule has 68 heavy (non-hydrogen) atoms. The normalized spacial score (nSPS) is 21.2. The van der Waals surface area contributed by atoms with E-state index in [2.05, 4.69) is 38.2 Å². The molecule has 1 aliphatic rings. The largest absolute Gasteiger partial charge is 0.472 e. The van der Waals surface area contributed by atoms with Gasteiger partial charge in [-0.1, -0.05) is 231 Å². The number of aliphatic hydroxyl groups excluding tert-OH is 5. The van der Waals surface area contributed by atoms with Gasteiger partial charge in [0.15, 0.2) is 0 Å². The van der Waals surface area contributed by atoms with Gasteiger partial charge in [0.2, 0.25) is 0 Å². The number of carbonyl (C=O) groups excluding carboxylic acids is 1. The number of esters is 1. The van der Waals surface area contributed by atoms with Crippen molar-refractivity contribution in [3.63, 3.8) is 0 Å². The highest BCUT2D eigenvalue weighted by atomic mass is 31.2. The zero-order valence-electron chi connectivity index (χ0n) is 43.4. The highest BCUT2D eigenvalue weighted by molar-refractivity contribution is 7.47. The summed E-state index contributed by atoms with van der Waals surface area (Å²) in [6, 6.07) is 0. The summed E-state index contributed by atoms with van der Waals surface area (Å²) < 4.78 is 34.4. The van der Waals surface area contributed by atoms with Crippen molar-refractivity contribution < 1.29 is 58.3 Å². The van der Waals surface area contributed by atoms with E-state index in [9.17, 15) is 39.8 Å². The van der Waals surface area contributed by atoms with Gasteiger partial charge in [0.05, 0.1) is 13.2 Å². The molecule has 0 aromatic carbocycles. The third-order valence-corrected chi connectivity index (χ3v) is 14.3. The number of phosphoric ester groups is 1. The molecule has 0 saturated heterocycles. The van der Waals surface area contributed by atoms with Crippen LogP contribution in [0.1, 0.15) is 258 Å². The lowest BCUT2D eigenvalue weighted by Crippen LogP contribution is -2.64. The van der Waals surface area contributed by atoms with Gasteiger partial charge < -0.3 is 39.9 Å². The number of rotatable bonds is 49. The first-order chi connectivity index (χ1) is 33.0. The predicted molar refractivity (Wildman–Crippen MR) is 276 cm³/mol. The Kier molecular flexibility index (Phi) is 43.5. The van der Waals surface area contributed by atoms with E-state index in [0.29, 0.717) is 13.0 Å². The summed E-state index contributed by atoms with van der Waals surface area (Å²) in [6.07, 6.45) is 42.4. The zero-order valence-corrected chi connectivity index (χ0v) is 44.3. The average Bonchev–Trinajstić information content (AvgIpc) is 3.32. The second-order valence-electron chi connectivity index (χ2n) is 19.8. The first-order valence-corrected chi connectivity index (χ1v) is 29.7. The van der Waals surface area contributed by atoms with Gasteiger partial charge in [-0.15, -0.1) is 0 Å². The van der Waals surface area contributed by atoms with E-state index >= 15 is 0 Å². The smallest absolute Gasteiger partial charge is 0.457 e. The van der Waals surface area contributed by atoms with Crippen LogP contribution >= 0.6 is 7.82 Å². The number of hydrogen-bond donors (Lipinski definition) is 6. The number of allylic oxidation sites excluding steroid dienone is 4. The van der Waals surface area contributed by atoms with Crippen LogP contribution in [0, 0.1) is 0 Å². The fourth-order valence-corrected chi connectivity index (χ4v) is 9.83. The van der Waals surface area contributed by atoms with Crippen LogP contribution in [-0.4, -0.2) is 98.9 Å². The fraction of sp³-hybridized carbons (Fsp3) is 0.909. The Labute approximate surface area is 415 Å². The van der Waals surface area contributed by atoms with E-state index in [1.165, 1.54) is 186 Å². The summed E-state index contributed by atoms with van der Waals surface area (Å²) in [5, 5.41) is 50.4. The Balaban J connectivity index is 2.28. The van der Waals surface area contributed by atoms with E-state index in [4.69, 9.17) is 18.5 Å². The zero-order chi connectivity index (χ0) is 49.8. The van der Waals surface area contributed by atoms with Crippen molar-refractivity contribution in [2.75, 3.05) is 19.8 Å². The molecule has 0 aromatic rings. The summed E-state index contributed by atoms with van der Waals surface area (Å²) in [6.45, 7) is 4.30.